The van der Waals surface area contributed by atoms with Crippen LogP contribution in [0.15, 0.2) is 49.1 Å². The highest BCUT2D eigenvalue weighted by molar-refractivity contribution is 5.14. The molecule has 3 nitrogen and oxygen atoms in total. The van der Waals surface area contributed by atoms with Crippen molar-refractivity contribution in [1.29, 1.82) is 0 Å². The first kappa shape index (κ1) is 12.8. The number of aryl methyl sites for hydroxylation is 2. The summed E-state index contributed by atoms with van der Waals surface area (Å²) in [6, 6.07) is 10.3. The second-order valence-electron chi connectivity index (χ2n) is 4.62. The molecule has 1 atom stereocenters. The number of aliphatic hydroxyl groups is 1. The Kier molecular flexibility index (Phi) is 4.97. The maximum Gasteiger partial charge on any atom is 0.0945 e. The molecule has 0 amide bonds. The van der Waals surface area contributed by atoms with Gasteiger partial charge in [-0.1, -0.05) is 30.3 Å². The molecule has 1 heterocycles. The molecule has 3 heteroatoms. The summed E-state index contributed by atoms with van der Waals surface area (Å²) in [4.78, 5) is 4.00. The molecule has 0 radical (unpaired) electrons. The zero-order valence-electron chi connectivity index (χ0n) is 10.6. The molecule has 2 aromatic rings. The molecule has 1 aromatic carbocycles. The monoisotopic (exact) mass is 244 g/mol. The molecule has 0 aliphatic carbocycles. The highest BCUT2D eigenvalue weighted by atomic mass is 16.3. The maximum atomic E-state index is 9.91. The first-order valence-electron chi connectivity index (χ1n) is 6.52. The van der Waals surface area contributed by atoms with E-state index in [1.807, 2.05) is 35.3 Å². The fraction of sp³-hybridized carbons (Fsp3) is 0.400. The summed E-state index contributed by atoms with van der Waals surface area (Å²) in [5, 5.41) is 9.91. The molecule has 0 spiro atoms. The van der Waals surface area contributed by atoms with Gasteiger partial charge in [0.1, 0.15) is 0 Å². The van der Waals surface area contributed by atoms with Crippen LogP contribution in [0.1, 0.15) is 24.8 Å². The Balaban J connectivity index is 1.62. The van der Waals surface area contributed by atoms with Gasteiger partial charge < -0.3 is 9.67 Å². The summed E-state index contributed by atoms with van der Waals surface area (Å²) >= 11 is 0. The Morgan fingerprint density at radius 3 is 2.72 bits per heavy atom. The van der Waals surface area contributed by atoms with Crippen LogP contribution >= 0.6 is 0 Å². The van der Waals surface area contributed by atoms with Crippen LogP contribution in [0.2, 0.25) is 0 Å². The average Bonchev–Trinajstić information content (AvgIpc) is 2.91. The molecule has 2 rings (SSSR count). The van der Waals surface area contributed by atoms with E-state index in [0.717, 1.165) is 32.2 Å². The summed E-state index contributed by atoms with van der Waals surface area (Å²) < 4.78 is 2.05. The molecule has 0 saturated carbocycles. The van der Waals surface area contributed by atoms with E-state index in [9.17, 15) is 5.11 Å². The van der Waals surface area contributed by atoms with Gasteiger partial charge in [-0.25, -0.2) is 4.98 Å². The lowest BCUT2D eigenvalue weighted by molar-refractivity contribution is 0.150. The Hall–Kier alpha value is -1.61. The number of hydrogen-bond donors (Lipinski definition) is 1. The van der Waals surface area contributed by atoms with E-state index in [1.54, 1.807) is 6.20 Å². The normalized spacial score (nSPS) is 12.5. The Labute approximate surface area is 108 Å². The van der Waals surface area contributed by atoms with E-state index in [1.165, 1.54) is 5.56 Å². The van der Waals surface area contributed by atoms with Crippen LogP contribution in [0, 0.1) is 0 Å². The molecule has 18 heavy (non-hydrogen) atoms. The van der Waals surface area contributed by atoms with Crippen molar-refractivity contribution in [2.24, 2.45) is 0 Å². The molecule has 0 aliphatic heterocycles. The van der Waals surface area contributed by atoms with Gasteiger partial charge >= 0.3 is 0 Å². The lowest BCUT2D eigenvalue weighted by atomic mass is 10.0. The van der Waals surface area contributed by atoms with Gasteiger partial charge in [-0.2, -0.15) is 0 Å². The van der Waals surface area contributed by atoms with E-state index >= 15 is 0 Å². The van der Waals surface area contributed by atoms with Crippen LogP contribution in [-0.4, -0.2) is 20.8 Å². The van der Waals surface area contributed by atoms with Crippen molar-refractivity contribution in [3.05, 3.63) is 54.6 Å². The zero-order chi connectivity index (χ0) is 12.6. The minimum atomic E-state index is -0.200. The largest absolute Gasteiger partial charge is 0.393 e. The van der Waals surface area contributed by atoms with Gasteiger partial charge in [0.2, 0.25) is 0 Å². The number of aromatic nitrogens is 2. The van der Waals surface area contributed by atoms with E-state index in [2.05, 4.69) is 17.1 Å². The number of rotatable bonds is 7. The first-order chi connectivity index (χ1) is 8.84. The summed E-state index contributed by atoms with van der Waals surface area (Å²) in [6.45, 7) is 0.933. The van der Waals surface area contributed by atoms with E-state index in [0.29, 0.717) is 0 Å². The smallest absolute Gasteiger partial charge is 0.0945 e. The molecule has 0 fully saturated rings. The van der Waals surface area contributed by atoms with Gasteiger partial charge in [0.05, 0.1) is 12.4 Å². The maximum absolute atomic E-state index is 9.91. The molecule has 1 N–H and O–H groups in total. The lowest BCUT2D eigenvalue weighted by Gasteiger charge is -2.10. The van der Waals surface area contributed by atoms with Gasteiger partial charge in [-0.05, 0) is 31.2 Å². The zero-order valence-corrected chi connectivity index (χ0v) is 10.6. The van der Waals surface area contributed by atoms with E-state index in [4.69, 9.17) is 0 Å². The van der Waals surface area contributed by atoms with Crippen molar-refractivity contribution in [2.75, 3.05) is 0 Å². The minimum Gasteiger partial charge on any atom is -0.393 e. The molecule has 1 aromatic heterocycles. The van der Waals surface area contributed by atoms with Crippen molar-refractivity contribution in [3.63, 3.8) is 0 Å². The Bertz CT molecular complexity index is 425. The van der Waals surface area contributed by atoms with Crippen molar-refractivity contribution >= 4 is 0 Å². The van der Waals surface area contributed by atoms with Crippen molar-refractivity contribution < 1.29 is 5.11 Å². The number of imidazole rings is 1. The molecule has 0 bridgehead atoms. The van der Waals surface area contributed by atoms with Crippen LogP contribution in [0.3, 0.4) is 0 Å². The number of nitrogens with zero attached hydrogens (tertiary/aromatic N) is 2. The van der Waals surface area contributed by atoms with Gasteiger partial charge in [0, 0.05) is 18.9 Å². The third-order valence-corrected chi connectivity index (χ3v) is 3.12. The summed E-state index contributed by atoms with van der Waals surface area (Å²) in [6.07, 6.45) is 8.99. The molecular weight excluding hydrogens is 224 g/mol. The summed E-state index contributed by atoms with van der Waals surface area (Å²) in [7, 11) is 0. The predicted molar refractivity (Wildman–Crippen MR) is 72.2 cm³/mol. The van der Waals surface area contributed by atoms with Crippen LogP contribution < -0.4 is 0 Å². The fourth-order valence-corrected chi connectivity index (χ4v) is 2.05. The third-order valence-electron chi connectivity index (χ3n) is 3.12. The van der Waals surface area contributed by atoms with Crippen LogP contribution in [0.4, 0.5) is 0 Å². The minimum absolute atomic E-state index is 0.200. The molecule has 0 aliphatic rings. The second-order valence-corrected chi connectivity index (χ2v) is 4.62. The van der Waals surface area contributed by atoms with E-state index < -0.39 is 0 Å². The fourth-order valence-electron chi connectivity index (χ4n) is 2.05. The second kappa shape index (κ2) is 6.97. The molecule has 1 unspecified atom stereocenters. The lowest BCUT2D eigenvalue weighted by Crippen LogP contribution is -2.09. The molecule has 0 saturated heterocycles. The van der Waals surface area contributed by atoms with Gasteiger partial charge in [-0.3, -0.25) is 0 Å². The third kappa shape index (κ3) is 4.34. The summed E-state index contributed by atoms with van der Waals surface area (Å²) in [5.41, 5.74) is 1.30. The van der Waals surface area contributed by atoms with Crippen molar-refractivity contribution in [3.8, 4) is 0 Å². The van der Waals surface area contributed by atoms with Gasteiger partial charge in [0.15, 0.2) is 0 Å². The number of hydrogen-bond acceptors (Lipinski definition) is 2. The average molecular weight is 244 g/mol. The number of benzene rings is 1. The standard InChI is InChI=1S/C15H20N2O/c18-15(7-4-11-17-12-10-16-13-17)9-8-14-5-2-1-3-6-14/h1-3,5-6,10,12-13,15,18H,4,7-9,11H2. The van der Waals surface area contributed by atoms with Crippen LogP contribution in [0.25, 0.3) is 0 Å². The highest BCUT2D eigenvalue weighted by Gasteiger charge is 2.04. The van der Waals surface area contributed by atoms with Crippen molar-refractivity contribution in [1.82, 2.24) is 9.55 Å². The Morgan fingerprint density at radius 1 is 1.17 bits per heavy atom. The van der Waals surface area contributed by atoms with Crippen LogP contribution in [-0.2, 0) is 13.0 Å². The van der Waals surface area contributed by atoms with Gasteiger partial charge in [0.25, 0.3) is 0 Å². The molecular formula is C15H20N2O. The topological polar surface area (TPSA) is 38.0 Å². The van der Waals surface area contributed by atoms with Crippen LogP contribution in [0.5, 0.6) is 0 Å². The van der Waals surface area contributed by atoms with Crippen molar-refractivity contribution in [2.45, 2.75) is 38.3 Å². The highest BCUT2D eigenvalue weighted by Crippen LogP contribution is 2.09. The van der Waals surface area contributed by atoms with Gasteiger partial charge in [-0.15, -0.1) is 0 Å². The summed E-state index contributed by atoms with van der Waals surface area (Å²) in [5.74, 6) is 0. The Morgan fingerprint density at radius 2 is 2.00 bits per heavy atom. The number of aliphatic hydroxyl groups excluding tert-OH is 1. The first-order valence-corrected chi connectivity index (χ1v) is 6.52. The van der Waals surface area contributed by atoms with E-state index in [-0.39, 0.29) is 6.10 Å². The molecule has 96 valence electrons. The SMILES string of the molecule is OC(CCCn1ccnc1)CCc1ccccc1. The quantitative estimate of drug-likeness (QED) is 0.813. The predicted octanol–water partition coefficient (Wildman–Crippen LogP) is 2.66.